The zero-order valence-electron chi connectivity index (χ0n) is 7.09. The number of anilines is 1. The van der Waals surface area contributed by atoms with E-state index in [4.69, 9.17) is 5.84 Å². The third-order valence-corrected chi connectivity index (χ3v) is 1.90. The van der Waals surface area contributed by atoms with Crippen molar-refractivity contribution >= 4 is 16.7 Å². The van der Waals surface area contributed by atoms with Crippen LogP contribution in [0, 0.1) is 11.6 Å². The molecule has 0 amide bonds. The van der Waals surface area contributed by atoms with Gasteiger partial charge >= 0.3 is 0 Å². The van der Waals surface area contributed by atoms with Crippen molar-refractivity contribution in [1.82, 2.24) is 4.98 Å². The molecule has 1 heterocycles. The number of nitrogens with one attached hydrogen (secondary N) is 1. The Kier molecular flexibility index (Phi) is 2.01. The Hall–Kier alpha value is -1.75. The molecule has 2 aromatic rings. The van der Waals surface area contributed by atoms with Gasteiger partial charge in [0.1, 0.15) is 23.0 Å². The van der Waals surface area contributed by atoms with Gasteiger partial charge in [0.2, 0.25) is 0 Å². The first-order chi connectivity index (χ1) is 6.72. The second kappa shape index (κ2) is 3.19. The summed E-state index contributed by atoms with van der Waals surface area (Å²) in [5.41, 5.74) is 2.24. The van der Waals surface area contributed by atoms with Gasteiger partial charge in [0.25, 0.3) is 0 Å². The van der Waals surface area contributed by atoms with Crippen LogP contribution in [0.3, 0.4) is 0 Å². The van der Waals surface area contributed by atoms with E-state index in [-0.39, 0.29) is 10.9 Å². The molecule has 0 spiro atoms. The van der Waals surface area contributed by atoms with Gasteiger partial charge in [-0.3, -0.25) is 0 Å². The molecule has 3 N–H and O–H groups in total. The van der Waals surface area contributed by atoms with Crippen molar-refractivity contribution in [3.8, 4) is 0 Å². The van der Waals surface area contributed by atoms with Gasteiger partial charge in [0.05, 0.1) is 0 Å². The minimum atomic E-state index is -0.571. The first-order valence-corrected chi connectivity index (χ1v) is 3.94. The number of nitrogens with zero attached hydrogens (tertiary/aromatic N) is 1. The predicted octanol–water partition coefficient (Wildman–Crippen LogP) is 1.80. The third kappa shape index (κ3) is 1.27. The van der Waals surface area contributed by atoms with Crippen molar-refractivity contribution in [3.05, 3.63) is 35.9 Å². The van der Waals surface area contributed by atoms with Crippen LogP contribution in [0.5, 0.6) is 0 Å². The number of nitrogen functional groups attached to an aromatic ring is 1. The highest BCUT2D eigenvalue weighted by Gasteiger charge is 2.07. The van der Waals surface area contributed by atoms with Crippen LogP contribution in [-0.2, 0) is 0 Å². The number of hydrogen-bond donors (Lipinski definition) is 2. The van der Waals surface area contributed by atoms with Crippen molar-refractivity contribution in [3.63, 3.8) is 0 Å². The van der Waals surface area contributed by atoms with Gasteiger partial charge in [-0.15, -0.1) is 0 Å². The van der Waals surface area contributed by atoms with Crippen molar-refractivity contribution in [2.24, 2.45) is 5.84 Å². The topological polar surface area (TPSA) is 50.9 Å². The van der Waals surface area contributed by atoms with Crippen LogP contribution in [0.15, 0.2) is 24.3 Å². The molecule has 1 aromatic heterocycles. The van der Waals surface area contributed by atoms with Gasteiger partial charge in [0.15, 0.2) is 0 Å². The third-order valence-electron chi connectivity index (χ3n) is 1.90. The molecular weight excluding hydrogens is 188 g/mol. The largest absolute Gasteiger partial charge is 0.308 e. The Labute approximate surface area is 78.5 Å². The number of nitrogens with two attached hydrogens (primary N) is 1. The van der Waals surface area contributed by atoms with Gasteiger partial charge < -0.3 is 5.43 Å². The molecule has 0 bridgehead atoms. The molecule has 0 unspecified atom stereocenters. The molecule has 0 aliphatic heterocycles. The Balaban J connectivity index is 2.80. The smallest absolute Gasteiger partial charge is 0.149 e. The van der Waals surface area contributed by atoms with Crippen molar-refractivity contribution in [2.75, 3.05) is 5.43 Å². The highest BCUT2D eigenvalue weighted by molar-refractivity contribution is 5.81. The van der Waals surface area contributed by atoms with E-state index >= 15 is 0 Å². The summed E-state index contributed by atoms with van der Waals surface area (Å²) in [6.07, 6.45) is 0. The van der Waals surface area contributed by atoms with E-state index < -0.39 is 11.6 Å². The average molecular weight is 195 g/mol. The van der Waals surface area contributed by atoms with Crippen molar-refractivity contribution < 1.29 is 8.78 Å². The van der Waals surface area contributed by atoms with Crippen molar-refractivity contribution in [2.45, 2.75) is 0 Å². The molecule has 0 saturated carbocycles. The quantitative estimate of drug-likeness (QED) is 0.538. The van der Waals surface area contributed by atoms with Crippen LogP contribution < -0.4 is 11.3 Å². The minimum Gasteiger partial charge on any atom is -0.308 e. The standard InChI is InChI=1S/C9H7F2N3/c10-6-2-3-7(11)9-5(6)1-4-8(13-9)14-12/h1-4H,12H2,(H,13,14). The Morgan fingerprint density at radius 1 is 1.07 bits per heavy atom. The maximum absolute atomic E-state index is 13.2. The Morgan fingerprint density at radius 2 is 1.79 bits per heavy atom. The first kappa shape index (κ1) is 8.83. The first-order valence-electron chi connectivity index (χ1n) is 3.94. The van der Waals surface area contributed by atoms with Crippen LogP contribution in [0.4, 0.5) is 14.6 Å². The number of rotatable bonds is 1. The molecule has 2 rings (SSSR count). The fourth-order valence-electron chi connectivity index (χ4n) is 1.23. The molecule has 0 saturated heterocycles. The summed E-state index contributed by atoms with van der Waals surface area (Å²) in [5, 5.41) is 0.143. The van der Waals surface area contributed by atoms with Gasteiger partial charge in [-0.2, -0.15) is 0 Å². The minimum absolute atomic E-state index is 0.0274. The lowest BCUT2D eigenvalue weighted by molar-refractivity contribution is 0.615. The molecular formula is C9H7F2N3. The molecule has 14 heavy (non-hydrogen) atoms. The van der Waals surface area contributed by atoms with E-state index in [0.29, 0.717) is 5.82 Å². The molecule has 0 aliphatic rings. The number of fused-ring (bicyclic) bond motifs is 1. The highest BCUT2D eigenvalue weighted by atomic mass is 19.1. The number of aromatic nitrogens is 1. The Bertz CT molecular complexity index is 485. The van der Waals surface area contributed by atoms with Crippen LogP contribution in [0.1, 0.15) is 0 Å². The summed E-state index contributed by atoms with van der Waals surface area (Å²) in [4.78, 5) is 3.80. The maximum atomic E-state index is 13.2. The number of hydrazine groups is 1. The van der Waals surface area contributed by atoms with Gasteiger partial charge in [0, 0.05) is 5.39 Å². The monoisotopic (exact) mass is 195 g/mol. The van der Waals surface area contributed by atoms with E-state index in [0.717, 1.165) is 12.1 Å². The zero-order chi connectivity index (χ0) is 10.1. The number of halogens is 2. The molecule has 0 fully saturated rings. The summed E-state index contributed by atoms with van der Waals surface area (Å²) in [7, 11) is 0. The lowest BCUT2D eigenvalue weighted by Gasteiger charge is -2.03. The summed E-state index contributed by atoms with van der Waals surface area (Å²) in [6.45, 7) is 0. The van der Waals surface area contributed by atoms with Crippen LogP contribution in [0.25, 0.3) is 10.9 Å². The lowest BCUT2D eigenvalue weighted by atomic mass is 10.2. The molecule has 5 heteroatoms. The number of hydrogen-bond acceptors (Lipinski definition) is 3. The van der Waals surface area contributed by atoms with Gasteiger partial charge in [-0.05, 0) is 24.3 Å². The summed E-state index contributed by atoms with van der Waals surface area (Å²) >= 11 is 0. The maximum Gasteiger partial charge on any atom is 0.149 e. The van der Waals surface area contributed by atoms with Crippen LogP contribution >= 0.6 is 0 Å². The molecule has 0 atom stereocenters. The SMILES string of the molecule is NNc1ccc2c(F)ccc(F)c2n1. The van der Waals surface area contributed by atoms with Crippen LogP contribution in [-0.4, -0.2) is 4.98 Å². The van der Waals surface area contributed by atoms with Gasteiger partial charge in [-0.1, -0.05) is 0 Å². The number of benzene rings is 1. The average Bonchev–Trinajstić information content (AvgIpc) is 2.23. The molecule has 72 valence electrons. The second-order valence-corrected chi connectivity index (χ2v) is 2.77. The fourth-order valence-corrected chi connectivity index (χ4v) is 1.23. The van der Waals surface area contributed by atoms with Crippen LogP contribution in [0.2, 0.25) is 0 Å². The molecule has 0 aliphatic carbocycles. The van der Waals surface area contributed by atoms with E-state index in [1.807, 2.05) is 0 Å². The van der Waals surface area contributed by atoms with Gasteiger partial charge in [-0.25, -0.2) is 19.6 Å². The number of pyridine rings is 1. The van der Waals surface area contributed by atoms with E-state index in [1.165, 1.54) is 12.1 Å². The Morgan fingerprint density at radius 3 is 2.50 bits per heavy atom. The van der Waals surface area contributed by atoms with E-state index in [2.05, 4.69) is 10.4 Å². The highest BCUT2D eigenvalue weighted by Crippen LogP contribution is 2.20. The summed E-state index contributed by atoms with van der Waals surface area (Å²) < 4.78 is 26.3. The predicted molar refractivity (Wildman–Crippen MR) is 49.5 cm³/mol. The normalized spacial score (nSPS) is 10.5. The van der Waals surface area contributed by atoms with E-state index in [1.54, 1.807) is 0 Å². The molecule has 3 nitrogen and oxygen atoms in total. The summed E-state index contributed by atoms with van der Waals surface area (Å²) in [5.74, 6) is 4.32. The second-order valence-electron chi connectivity index (χ2n) is 2.77. The van der Waals surface area contributed by atoms with E-state index in [9.17, 15) is 8.78 Å². The molecule has 1 aromatic carbocycles. The van der Waals surface area contributed by atoms with Crippen molar-refractivity contribution in [1.29, 1.82) is 0 Å². The fraction of sp³-hybridized carbons (Fsp3) is 0. The molecule has 0 radical (unpaired) electrons. The summed E-state index contributed by atoms with van der Waals surface area (Å²) in [6, 6.07) is 5.00. The zero-order valence-corrected chi connectivity index (χ0v) is 7.09. The lowest BCUT2D eigenvalue weighted by Crippen LogP contribution is -2.08.